The van der Waals surface area contributed by atoms with E-state index in [9.17, 15) is 0 Å². The number of aromatic nitrogens is 3. The molecule has 0 aliphatic carbocycles. The largest absolute Gasteiger partial charge is 0.256 e. The summed E-state index contributed by atoms with van der Waals surface area (Å²) in [5.74, 6) is 0.660. The van der Waals surface area contributed by atoms with Gasteiger partial charge in [-0.1, -0.05) is 146 Å². The van der Waals surface area contributed by atoms with Gasteiger partial charge < -0.3 is 0 Å². The molecule has 0 radical (unpaired) electrons. The first-order valence-corrected chi connectivity index (χ1v) is 17.3. The SMILES string of the molecule is Cc1ccc(-c2cc(-c3nc(-c4ccccc4)c(-c4ccccc4)c(-c4ccccc4)n3)cc(-c3cc4ccccc4c4ccccc34)c2)nc1. The highest BCUT2D eigenvalue weighted by molar-refractivity contribution is 6.14. The van der Waals surface area contributed by atoms with Crippen molar-refractivity contribution in [2.24, 2.45) is 0 Å². The molecule has 9 rings (SSSR count). The summed E-state index contributed by atoms with van der Waals surface area (Å²) in [6.07, 6.45) is 1.93. The van der Waals surface area contributed by atoms with Gasteiger partial charge in [0.25, 0.3) is 0 Å². The van der Waals surface area contributed by atoms with Crippen LogP contribution >= 0.6 is 0 Å². The minimum Gasteiger partial charge on any atom is -0.256 e. The quantitative estimate of drug-likeness (QED) is 0.168. The summed E-state index contributed by atoms with van der Waals surface area (Å²) in [4.78, 5) is 15.8. The monoisotopic (exact) mass is 651 g/mol. The van der Waals surface area contributed by atoms with Crippen molar-refractivity contribution in [3.63, 3.8) is 0 Å². The van der Waals surface area contributed by atoms with Gasteiger partial charge >= 0.3 is 0 Å². The number of nitrogens with zero attached hydrogens (tertiary/aromatic N) is 3. The van der Waals surface area contributed by atoms with Crippen LogP contribution in [0.15, 0.2) is 182 Å². The van der Waals surface area contributed by atoms with Gasteiger partial charge in [0.15, 0.2) is 5.82 Å². The highest BCUT2D eigenvalue weighted by Gasteiger charge is 2.21. The summed E-state index contributed by atoms with van der Waals surface area (Å²) in [5.41, 5.74) is 12.1. The predicted molar refractivity (Wildman–Crippen MR) is 212 cm³/mol. The van der Waals surface area contributed by atoms with Crippen molar-refractivity contribution in [1.82, 2.24) is 15.0 Å². The second-order valence-corrected chi connectivity index (χ2v) is 12.9. The summed E-state index contributed by atoms with van der Waals surface area (Å²) in [7, 11) is 0. The fraction of sp³-hybridized carbons (Fsp3) is 0.0208. The Hall–Kier alpha value is -6.71. The van der Waals surface area contributed by atoms with E-state index in [1.807, 2.05) is 24.4 Å². The molecular formula is C48H33N3. The molecule has 0 aliphatic rings. The van der Waals surface area contributed by atoms with E-state index < -0.39 is 0 Å². The first-order chi connectivity index (χ1) is 25.2. The maximum Gasteiger partial charge on any atom is 0.160 e. The lowest BCUT2D eigenvalue weighted by Gasteiger charge is -2.18. The van der Waals surface area contributed by atoms with E-state index in [0.717, 1.165) is 67.2 Å². The molecule has 2 heterocycles. The van der Waals surface area contributed by atoms with E-state index in [4.69, 9.17) is 15.0 Å². The second kappa shape index (κ2) is 13.0. The molecule has 0 aliphatic heterocycles. The van der Waals surface area contributed by atoms with Crippen molar-refractivity contribution in [1.29, 1.82) is 0 Å². The van der Waals surface area contributed by atoms with Crippen LogP contribution in [0.4, 0.5) is 0 Å². The first-order valence-electron chi connectivity index (χ1n) is 17.3. The molecule has 0 atom stereocenters. The fourth-order valence-electron chi connectivity index (χ4n) is 7.07. The van der Waals surface area contributed by atoms with Crippen molar-refractivity contribution in [2.75, 3.05) is 0 Å². The van der Waals surface area contributed by atoms with Gasteiger partial charge in [0.05, 0.1) is 17.1 Å². The van der Waals surface area contributed by atoms with Gasteiger partial charge in [-0.2, -0.15) is 0 Å². The van der Waals surface area contributed by atoms with Crippen LogP contribution in [0.3, 0.4) is 0 Å². The highest BCUT2D eigenvalue weighted by Crippen LogP contribution is 2.42. The number of hydrogen-bond donors (Lipinski definition) is 0. The van der Waals surface area contributed by atoms with Crippen LogP contribution in [0, 0.1) is 6.92 Å². The number of hydrogen-bond acceptors (Lipinski definition) is 3. The van der Waals surface area contributed by atoms with E-state index in [0.29, 0.717) is 5.82 Å². The number of aryl methyl sites for hydroxylation is 1. The zero-order valence-electron chi connectivity index (χ0n) is 28.2. The Morgan fingerprint density at radius 3 is 1.55 bits per heavy atom. The van der Waals surface area contributed by atoms with Crippen LogP contribution in [0.5, 0.6) is 0 Å². The van der Waals surface area contributed by atoms with Crippen LogP contribution in [0.25, 0.3) is 89.0 Å². The molecule has 0 N–H and O–H groups in total. The van der Waals surface area contributed by atoms with Crippen LogP contribution in [-0.2, 0) is 0 Å². The summed E-state index contributed by atoms with van der Waals surface area (Å²) in [6.45, 7) is 2.07. The van der Waals surface area contributed by atoms with Gasteiger partial charge in [-0.05, 0) is 81.1 Å². The zero-order valence-corrected chi connectivity index (χ0v) is 28.2. The Balaban J connectivity index is 1.36. The third-order valence-corrected chi connectivity index (χ3v) is 9.54. The van der Waals surface area contributed by atoms with E-state index in [2.05, 4.69) is 165 Å². The Labute approximate surface area is 297 Å². The third kappa shape index (κ3) is 5.75. The molecule has 51 heavy (non-hydrogen) atoms. The fourth-order valence-corrected chi connectivity index (χ4v) is 7.07. The zero-order chi connectivity index (χ0) is 34.1. The highest BCUT2D eigenvalue weighted by atomic mass is 14.9. The molecule has 0 fully saturated rings. The topological polar surface area (TPSA) is 38.7 Å². The van der Waals surface area contributed by atoms with E-state index in [1.54, 1.807) is 0 Å². The predicted octanol–water partition coefficient (Wildman–Crippen LogP) is 12.5. The second-order valence-electron chi connectivity index (χ2n) is 12.9. The maximum atomic E-state index is 5.44. The van der Waals surface area contributed by atoms with Crippen molar-refractivity contribution in [2.45, 2.75) is 6.92 Å². The van der Waals surface area contributed by atoms with Crippen molar-refractivity contribution < 1.29 is 0 Å². The molecule has 2 aromatic heterocycles. The first kappa shape index (κ1) is 30.4. The average molecular weight is 652 g/mol. The smallest absolute Gasteiger partial charge is 0.160 e. The molecule has 0 amide bonds. The van der Waals surface area contributed by atoms with Crippen LogP contribution in [-0.4, -0.2) is 15.0 Å². The standard InChI is InChI=1S/C48H33N3/c1-32-25-26-44(49-31-32)38-27-37(43-30-36-21-11-12-22-40(36)41-23-13-14-24-42(41)43)28-39(29-38)48-50-46(34-17-7-3-8-18-34)45(33-15-5-2-6-16-33)47(51-48)35-19-9-4-10-20-35/h2-31H,1H3. The summed E-state index contributed by atoms with van der Waals surface area (Å²) < 4.78 is 0. The maximum absolute atomic E-state index is 5.44. The molecule has 240 valence electrons. The number of rotatable bonds is 6. The van der Waals surface area contributed by atoms with Gasteiger partial charge in [0.2, 0.25) is 0 Å². The molecular weight excluding hydrogens is 619 g/mol. The molecule has 9 aromatic rings. The summed E-state index contributed by atoms with van der Waals surface area (Å²) in [5, 5.41) is 4.87. The Morgan fingerprint density at radius 2 is 0.922 bits per heavy atom. The van der Waals surface area contributed by atoms with Gasteiger partial charge in [-0.3, -0.25) is 4.98 Å². The Bertz CT molecular complexity index is 2610. The van der Waals surface area contributed by atoms with Crippen molar-refractivity contribution in [3.05, 3.63) is 188 Å². The lowest BCUT2D eigenvalue weighted by atomic mass is 9.90. The van der Waals surface area contributed by atoms with Gasteiger partial charge in [-0.15, -0.1) is 0 Å². The minimum absolute atomic E-state index is 0.660. The van der Waals surface area contributed by atoms with E-state index in [1.165, 1.54) is 21.5 Å². The molecule has 0 spiro atoms. The van der Waals surface area contributed by atoms with Gasteiger partial charge in [0, 0.05) is 34.0 Å². The summed E-state index contributed by atoms with van der Waals surface area (Å²) in [6, 6.07) is 61.9. The third-order valence-electron chi connectivity index (χ3n) is 9.54. The molecule has 7 aromatic carbocycles. The summed E-state index contributed by atoms with van der Waals surface area (Å²) >= 11 is 0. The Kier molecular flexibility index (Phi) is 7.71. The molecule has 0 bridgehead atoms. The van der Waals surface area contributed by atoms with Crippen molar-refractivity contribution >= 4 is 21.5 Å². The van der Waals surface area contributed by atoms with Crippen molar-refractivity contribution in [3.8, 4) is 67.4 Å². The normalized spacial score (nSPS) is 11.2. The van der Waals surface area contributed by atoms with E-state index >= 15 is 0 Å². The molecule has 0 saturated heterocycles. The minimum atomic E-state index is 0.660. The Morgan fingerprint density at radius 1 is 0.392 bits per heavy atom. The van der Waals surface area contributed by atoms with Gasteiger partial charge in [0.1, 0.15) is 0 Å². The average Bonchev–Trinajstić information content (AvgIpc) is 3.21. The van der Waals surface area contributed by atoms with Crippen LogP contribution in [0.1, 0.15) is 5.56 Å². The molecule has 3 heteroatoms. The van der Waals surface area contributed by atoms with Crippen LogP contribution < -0.4 is 0 Å². The number of benzene rings is 7. The molecule has 0 saturated carbocycles. The van der Waals surface area contributed by atoms with Crippen LogP contribution in [0.2, 0.25) is 0 Å². The lowest BCUT2D eigenvalue weighted by molar-refractivity contribution is 1.18. The van der Waals surface area contributed by atoms with E-state index in [-0.39, 0.29) is 0 Å². The number of pyridine rings is 1. The van der Waals surface area contributed by atoms with Gasteiger partial charge in [-0.25, -0.2) is 9.97 Å². The number of fused-ring (bicyclic) bond motifs is 3. The molecule has 3 nitrogen and oxygen atoms in total. The molecule has 0 unspecified atom stereocenters. The lowest BCUT2D eigenvalue weighted by Crippen LogP contribution is -2.01.